The fourth-order valence-corrected chi connectivity index (χ4v) is 2.66. The Balaban J connectivity index is 2.34. The van der Waals surface area contributed by atoms with Gasteiger partial charge in [0.25, 0.3) is 5.91 Å². The quantitative estimate of drug-likeness (QED) is 0.846. The van der Waals surface area contributed by atoms with Crippen molar-refractivity contribution in [1.29, 1.82) is 0 Å². The van der Waals surface area contributed by atoms with Gasteiger partial charge in [-0.25, -0.2) is 0 Å². The van der Waals surface area contributed by atoms with E-state index >= 15 is 0 Å². The third-order valence-electron chi connectivity index (χ3n) is 3.26. The van der Waals surface area contributed by atoms with E-state index in [0.29, 0.717) is 19.5 Å². The van der Waals surface area contributed by atoms with Gasteiger partial charge >= 0.3 is 6.18 Å². The van der Waals surface area contributed by atoms with Crippen LogP contribution in [0.15, 0.2) is 22.7 Å². The lowest BCUT2D eigenvalue weighted by atomic mass is 10.0. The number of likely N-dealkylation sites (tertiary alicyclic amines) is 1. The molecule has 1 saturated heterocycles. The Morgan fingerprint density at radius 3 is 2.70 bits per heavy atom. The molecule has 0 aromatic heterocycles. The number of hydrogen-bond acceptors (Lipinski definition) is 2. The number of halogens is 4. The number of piperidine rings is 1. The zero-order chi connectivity index (χ0) is 14.9. The lowest BCUT2D eigenvalue weighted by Crippen LogP contribution is -2.46. The first-order chi connectivity index (χ1) is 9.29. The van der Waals surface area contributed by atoms with Crippen LogP contribution in [0.25, 0.3) is 0 Å². The van der Waals surface area contributed by atoms with Gasteiger partial charge in [0, 0.05) is 23.6 Å². The number of alkyl halides is 3. The van der Waals surface area contributed by atoms with E-state index in [2.05, 4.69) is 15.9 Å². The summed E-state index contributed by atoms with van der Waals surface area (Å²) in [6, 6.07) is 3.40. The smallest absolute Gasteiger partial charge is 0.337 e. The molecular weight excluding hydrogens is 337 g/mol. The Labute approximate surface area is 123 Å². The Bertz CT molecular complexity index is 519. The van der Waals surface area contributed by atoms with E-state index in [4.69, 9.17) is 5.73 Å². The van der Waals surface area contributed by atoms with Gasteiger partial charge in [-0.05, 0) is 31.0 Å². The second kappa shape index (κ2) is 5.73. The molecule has 1 fully saturated rings. The highest BCUT2D eigenvalue weighted by Crippen LogP contribution is 2.34. The summed E-state index contributed by atoms with van der Waals surface area (Å²) in [4.78, 5) is 13.7. The van der Waals surface area contributed by atoms with E-state index in [9.17, 15) is 18.0 Å². The average Bonchev–Trinajstić information content (AvgIpc) is 2.37. The molecule has 1 heterocycles. The Morgan fingerprint density at radius 2 is 2.10 bits per heavy atom. The van der Waals surface area contributed by atoms with Gasteiger partial charge in [0.2, 0.25) is 0 Å². The van der Waals surface area contributed by atoms with Crippen LogP contribution in [0.2, 0.25) is 0 Å². The molecule has 0 unspecified atom stereocenters. The monoisotopic (exact) mass is 350 g/mol. The summed E-state index contributed by atoms with van der Waals surface area (Å²) in [5.74, 6) is -0.611. The van der Waals surface area contributed by atoms with Crippen LogP contribution in [0.3, 0.4) is 0 Å². The number of nitrogens with two attached hydrogens (primary N) is 1. The van der Waals surface area contributed by atoms with Crippen molar-refractivity contribution in [3.63, 3.8) is 0 Å². The van der Waals surface area contributed by atoms with Crippen molar-refractivity contribution >= 4 is 21.8 Å². The van der Waals surface area contributed by atoms with Crippen molar-refractivity contribution in [2.24, 2.45) is 5.73 Å². The molecule has 1 aromatic carbocycles. The highest BCUT2D eigenvalue weighted by Gasteiger charge is 2.36. The molecule has 2 N–H and O–H groups in total. The topological polar surface area (TPSA) is 46.3 Å². The van der Waals surface area contributed by atoms with Crippen molar-refractivity contribution < 1.29 is 18.0 Å². The van der Waals surface area contributed by atoms with Gasteiger partial charge in [0.15, 0.2) is 0 Å². The molecule has 1 atom stereocenters. The third kappa shape index (κ3) is 3.32. The molecule has 0 saturated carbocycles. The highest BCUT2D eigenvalue weighted by atomic mass is 79.9. The van der Waals surface area contributed by atoms with Gasteiger partial charge in [-0.3, -0.25) is 4.79 Å². The molecule has 3 nitrogen and oxygen atoms in total. The molecule has 1 aliphatic rings. The maximum absolute atomic E-state index is 13.0. The van der Waals surface area contributed by atoms with E-state index in [1.807, 2.05) is 0 Å². The molecule has 0 aliphatic carbocycles. The fraction of sp³-hybridized carbons (Fsp3) is 0.462. The van der Waals surface area contributed by atoms with E-state index in [0.717, 1.165) is 12.5 Å². The zero-order valence-electron chi connectivity index (χ0n) is 10.6. The largest absolute Gasteiger partial charge is 0.417 e. The molecule has 1 amide bonds. The Morgan fingerprint density at radius 1 is 1.40 bits per heavy atom. The molecule has 0 radical (unpaired) electrons. The van der Waals surface area contributed by atoms with E-state index in [-0.39, 0.29) is 16.1 Å². The van der Waals surface area contributed by atoms with Crippen LogP contribution in [-0.2, 0) is 6.18 Å². The van der Waals surface area contributed by atoms with Gasteiger partial charge in [0.05, 0.1) is 11.1 Å². The van der Waals surface area contributed by atoms with E-state index in [1.54, 1.807) is 0 Å². The van der Waals surface area contributed by atoms with Gasteiger partial charge in [-0.1, -0.05) is 15.9 Å². The fourth-order valence-electron chi connectivity index (χ4n) is 2.30. The summed E-state index contributed by atoms with van der Waals surface area (Å²) in [5, 5.41) is 0. The predicted octanol–water partition coefficient (Wildman–Crippen LogP) is 3.03. The minimum Gasteiger partial charge on any atom is -0.337 e. The average molecular weight is 351 g/mol. The first-order valence-electron chi connectivity index (χ1n) is 6.20. The summed E-state index contributed by atoms with van der Waals surface area (Å²) in [6.45, 7) is 0.742. The minimum absolute atomic E-state index is 0.169. The first-order valence-corrected chi connectivity index (χ1v) is 7.00. The minimum atomic E-state index is -4.56. The maximum Gasteiger partial charge on any atom is 0.417 e. The molecule has 7 heteroatoms. The molecule has 2 rings (SSSR count). The summed E-state index contributed by atoms with van der Waals surface area (Å²) in [7, 11) is 0. The number of carbonyl (C=O) groups is 1. The second-order valence-corrected chi connectivity index (χ2v) is 5.76. The standard InChI is InChI=1S/C13H14BrF3N2O/c14-8-3-4-10(11(6-8)13(15,16)17)12(20)19-5-1-2-9(18)7-19/h3-4,6,9H,1-2,5,7,18H2/t9-/m1/s1. The number of rotatable bonds is 1. The SMILES string of the molecule is N[C@@H]1CCCN(C(=O)c2ccc(Br)cc2C(F)(F)F)C1. The van der Waals surface area contributed by atoms with Crippen LogP contribution in [0.4, 0.5) is 13.2 Å². The van der Waals surface area contributed by atoms with Gasteiger partial charge < -0.3 is 10.6 Å². The molecule has 110 valence electrons. The number of nitrogens with zero attached hydrogens (tertiary/aromatic N) is 1. The summed E-state index contributed by atoms with van der Waals surface area (Å²) in [5.41, 5.74) is 4.52. The van der Waals surface area contributed by atoms with Crippen LogP contribution >= 0.6 is 15.9 Å². The Hall–Kier alpha value is -1.08. The second-order valence-electron chi connectivity index (χ2n) is 4.84. The summed E-state index contributed by atoms with van der Waals surface area (Å²) < 4.78 is 39.3. The molecule has 20 heavy (non-hydrogen) atoms. The number of amides is 1. The lowest BCUT2D eigenvalue weighted by Gasteiger charge is -2.31. The number of benzene rings is 1. The molecule has 1 aromatic rings. The number of hydrogen-bond donors (Lipinski definition) is 1. The lowest BCUT2D eigenvalue weighted by molar-refractivity contribution is -0.138. The van der Waals surface area contributed by atoms with Gasteiger partial charge in [-0.2, -0.15) is 13.2 Å². The van der Waals surface area contributed by atoms with Crippen LogP contribution in [0.5, 0.6) is 0 Å². The van der Waals surface area contributed by atoms with Crippen molar-refractivity contribution in [2.75, 3.05) is 13.1 Å². The molecule has 0 bridgehead atoms. The highest BCUT2D eigenvalue weighted by molar-refractivity contribution is 9.10. The normalized spacial score (nSPS) is 20.1. The molecule has 0 spiro atoms. The van der Waals surface area contributed by atoms with Crippen molar-refractivity contribution in [3.8, 4) is 0 Å². The number of carbonyl (C=O) groups excluding carboxylic acids is 1. The van der Waals surface area contributed by atoms with Gasteiger partial charge in [0.1, 0.15) is 0 Å². The summed E-state index contributed by atoms with van der Waals surface area (Å²) in [6.07, 6.45) is -3.06. The van der Waals surface area contributed by atoms with Gasteiger partial charge in [-0.15, -0.1) is 0 Å². The van der Waals surface area contributed by atoms with Crippen LogP contribution in [0.1, 0.15) is 28.8 Å². The zero-order valence-corrected chi connectivity index (χ0v) is 12.2. The molecule has 1 aliphatic heterocycles. The predicted molar refractivity (Wildman–Crippen MR) is 72.3 cm³/mol. The van der Waals surface area contributed by atoms with Crippen LogP contribution < -0.4 is 5.73 Å². The van der Waals surface area contributed by atoms with E-state index < -0.39 is 17.6 Å². The Kier molecular flexibility index (Phi) is 4.39. The first kappa shape index (κ1) is 15.3. The van der Waals surface area contributed by atoms with Crippen molar-refractivity contribution in [1.82, 2.24) is 4.90 Å². The summed E-state index contributed by atoms with van der Waals surface area (Å²) >= 11 is 3.00. The maximum atomic E-state index is 13.0. The van der Waals surface area contributed by atoms with E-state index in [1.165, 1.54) is 17.0 Å². The van der Waals surface area contributed by atoms with Crippen LogP contribution in [-0.4, -0.2) is 29.9 Å². The molecular formula is C13H14BrF3N2O. The third-order valence-corrected chi connectivity index (χ3v) is 3.76. The van der Waals surface area contributed by atoms with Crippen molar-refractivity contribution in [3.05, 3.63) is 33.8 Å². The van der Waals surface area contributed by atoms with Crippen molar-refractivity contribution in [2.45, 2.75) is 25.1 Å². The van der Waals surface area contributed by atoms with Crippen LogP contribution in [0, 0.1) is 0 Å².